The number of carbonyl (C=O) groups excluding carboxylic acids is 2. The molecular formula is C28H33N5O4. The fraction of sp³-hybridized carbons (Fsp3) is 0.357. The van der Waals surface area contributed by atoms with Crippen molar-refractivity contribution < 1.29 is 19.1 Å². The fourth-order valence-corrected chi connectivity index (χ4v) is 4.51. The van der Waals surface area contributed by atoms with Gasteiger partial charge in [0.2, 0.25) is 11.8 Å². The number of nitrogens with zero attached hydrogens (tertiary/aromatic N) is 5. The van der Waals surface area contributed by atoms with Gasteiger partial charge in [-0.25, -0.2) is 0 Å². The summed E-state index contributed by atoms with van der Waals surface area (Å²) in [6, 6.07) is 19.1. The normalized spacial score (nSPS) is 14.2. The molecule has 2 amide bonds. The van der Waals surface area contributed by atoms with E-state index in [2.05, 4.69) is 15.1 Å². The molecule has 1 saturated heterocycles. The van der Waals surface area contributed by atoms with Crippen LogP contribution in [0.15, 0.2) is 60.7 Å². The van der Waals surface area contributed by atoms with Gasteiger partial charge in [0.1, 0.15) is 6.54 Å². The molecule has 0 spiro atoms. The monoisotopic (exact) mass is 503 g/mol. The van der Waals surface area contributed by atoms with Crippen molar-refractivity contribution in [3.8, 4) is 22.8 Å². The molecule has 2 heterocycles. The Morgan fingerprint density at radius 3 is 2.22 bits per heavy atom. The number of hydrogen-bond donors (Lipinski definition) is 0. The van der Waals surface area contributed by atoms with Gasteiger partial charge in [0.25, 0.3) is 0 Å². The van der Waals surface area contributed by atoms with E-state index < -0.39 is 0 Å². The number of benzene rings is 2. The predicted molar refractivity (Wildman–Crippen MR) is 142 cm³/mol. The Morgan fingerprint density at radius 2 is 1.62 bits per heavy atom. The lowest BCUT2D eigenvalue weighted by atomic mass is 10.1. The van der Waals surface area contributed by atoms with E-state index in [1.165, 1.54) is 6.92 Å². The lowest BCUT2D eigenvalue weighted by Crippen LogP contribution is -2.52. The summed E-state index contributed by atoms with van der Waals surface area (Å²) in [6.45, 7) is 5.92. The molecule has 0 N–H and O–H groups in total. The molecular weight excluding hydrogens is 470 g/mol. The quantitative estimate of drug-likeness (QED) is 0.465. The Labute approximate surface area is 217 Å². The maximum atomic E-state index is 13.1. The summed E-state index contributed by atoms with van der Waals surface area (Å²) in [5, 5.41) is 8.83. The molecule has 2 aromatic carbocycles. The first kappa shape index (κ1) is 25.9. The largest absolute Gasteiger partial charge is 0.493 e. The molecule has 9 heteroatoms. The third-order valence-corrected chi connectivity index (χ3v) is 6.75. The SMILES string of the molecule is COc1ccc(-c2ccc(N3CCN(C(=O)CN(C(C)=O)[C@@H](C)c4ccccc4)CC3)nn2)cc1OC. The molecule has 1 aromatic heterocycles. The summed E-state index contributed by atoms with van der Waals surface area (Å²) in [4.78, 5) is 30.9. The standard InChI is InChI=1S/C28H33N5O4/c1-20(22-8-6-5-7-9-22)33(21(2)34)19-28(35)32-16-14-31(15-17-32)27-13-11-24(29-30-27)23-10-12-25(36-3)26(18-23)37-4/h5-13,18,20H,14-17,19H2,1-4H3/t20-/m0/s1. The zero-order valence-electron chi connectivity index (χ0n) is 21.8. The van der Waals surface area contributed by atoms with Crippen LogP contribution in [0.4, 0.5) is 5.82 Å². The van der Waals surface area contributed by atoms with Crippen molar-refractivity contribution >= 4 is 17.6 Å². The number of aromatic nitrogens is 2. The van der Waals surface area contributed by atoms with Crippen LogP contribution < -0.4 is 14.4 Å². The number of anilines is 1. The number of rotatable bonds is 8. The molecule has 0 saturated carbocycles. The summed E-state index contributed by atoms with van der Waals surface area (Å²) in [7, 11) is 3.20. The first-order chi connectivity index (χ1) is 17.9. The van der Waals surface area contributed by atoms with E-state index in [-0.39, 0.29) is 24.4 Å². The van der Waals surface area contributed by atoms with E-state index in [1.54, 1.807) is 19.1 Å². The van der Waals surface area contributed by atoms with Crippen LogP contribution in [0.3, 0.4) is 0 Å². The van der Waals surface area contributed by atoms with Crippen LogP contribution in [0, 0.1) is 0 Å². The molecule has 37 heavy (non-hydrogen) atoms. The molecule has 1 atom stereocenters. The van der Waals surface area contributed by atoms with Gasteiger partial charge < -0.3 is 24.2 Å². The van der Waals surface area contributed by atoms with Gasteiger partial charge in [-0.15, -0.1) is 10.2 Å². The van der Waals surface area contributed by atoms with Crippen LogP contribution in [0.25, 0.3) is 11.3 Å². The van der Waals surface area contributed by atoms with Crippen LogP contribution in [0.5, 0.6) is 11.5 Å². The average molecular weight is 504 g/mol. The summed E-state index contributed by atoms with van der Waals surface area (Å²) in [5.74, 6) is 1.89. The number of amides is 2. The van der Waals surface area contributed by atoms with Crippen molar-refractivity contribution in [2.24, 2.45) is 0 Å². The zero-order valence-corrected chi connectivity index (χ0v) is 21.8. The second-order valence-electron chi connectivity index (χ2n) is 8.95. The maximum absolute atomic E-state index is 13.1. The number of carbonyl (C=O) groups is 2. The third kappa shape index (κ3) is 5.99. The number of hydrogen-bond acceptors (Lipinski definition) is 7. The molecule has 0 radical (unpaired) electrons. The second-order valence-corrected chi connectivity index (χ2v) is 8.95. The van der Waals surface area contributed by atoms with Gasteiger partial charge in [-0.1, -0.05) is 30.3 Å². The Bertz CT molecular complexity index is 1210. The molecule has 194 valence electrons. The third-order valence-electron chi connectivity index (χ3n) is 6.75. The highest BCUT2D eigenvalue weighted by Gasteiger charge is 2.27. The van der Waals surface area contributed by atoms with Gasteiger partial charge in [0.15, 0.2) is 17.3 Å². The molecule has 1 aliphatic heterocycles. The van der Waals surface area contributed by atoms with Gasteiger partial charge >= 0.3 is 0 Å². The van der Waals surface area contributed by atoms with Crippen LogP contribution in [-0.4, -0.2) is 78.8 Å². The Kier molecular flexibility index (Phi) is 8.22. The van der Waals surface area contributed by atoms with Crippen LogP contribution in [0.2, 0.25) is 0 Å². The molecule has 3 aromatic rings. The molecule has 0 unspecified atom stereocenters. The van der Waals surface area contributed by atoms with Gasteiger partial charge in [0.05, 0.1) is 26.0 Å². The smallest absolute Gasteiger partial charge is 0.242 e. The zero-order chi connectivity index (χ0) is 26.4. The Morgan fingerprint density at radius 1 is 0.919 bits per heavy atom. The maximum Gasteiger partial charge on any atom is 0.242 e. The van der Waals surface area contributed by atoms with Crippen molar-refractivity contribution in [2.45, 2.75) is 19.9 Å². The fourth-order valence-electron chi connectivity index (χ4n) is 4.51. The minimum atomic E-state index is -0.177. The molecule has 1 aliphatic rings. The van der Waals surface area contributed by atoms with E-state index in [0.717, 1.165) is 22.6 Å². The summed E-state index contributed by atoms with van der Waals surface area (Å²) >= 11 is 0. The minimum Gasteiger partial charge on any atom is -0.493 e. The second kappa shape index (κ2) is 11.7. The molecule has 9 nitrogen and oxygen atoms in total. The van der Waals surface area contributed by atoms with Crippen molar-refractivity contribution in [1.82, 2.24) is 20.0 Å². The Balaban J connectivity index is 1.35. The van der Waals surface area contributed by atoms with E-state index in [9.17, 15) is 9.59 Å². The van der Waals surface area contributed by atoms with Gasteiger partial charge in [-0.2, -0.15) is 0 Å². The van der Waals surface area contributed by atoms with Crippen molar-refractivity contribution in [2.75, 3.05) is 51.8 Å². The van der Waals surface area contributed by atoms with Crippen LogP contribution in [0.1, 0.15) is 25.5 Å². The highest BCUT2D eigenvalue weighted by atomic mass is 16.5. The van der Waals surface area contributed by atoms with E-state index >= 15 is 0 Å². The Hall–Kier alpha value is -4.14. The number of ether oxygens (including phenoxy) is 2. The lowest BCUT2D eigenvalue weighted by Gasteiger charge is -2.37. The summed E-state index contributed by atoms with van der Waals surface area (Å²) in [6.07, 6.45) is 0. The van der Waals surface area contributed by atoms with Gasteiger partial charge in [-0.3, -0.25) is 9.59 Å². The van der Waals surface area contributed by atoms with E-state index in [0.29, 0.717) is 37.7 Å². The van der Waals surface area contributed by atoms with Crippen molar-refractivity contribution in [1.29, 1.82) is 0 Å². The number of methoxy groups -OCH3 is 2. The number of piperazine rings is 1. The predicted octanol–water partition coefficient (Wildman–Crippen LogP) is 3.42. The van der Waals surface area contributed by atoms with E-state index in [1.807, 2.05) is 72.5 Å². The lowest BCUT2D eigenvalue weighted by molar-refractivity contribution is -0.141. The summed E-state index contributed by atoms with van der Waals surface area (Å²) in [5.41, 5.74) is 2.62. The van der Waals surface area contributed by atoms with Crippen LogP contribution in [-0.2, 0) is 9.59 Å². The van der Waals surface area contributed by atoms with Gasteiger partial charge in [-0.05, 0) is 42.8 Å². The first-order valence-corrected chi connectivity index (χ1v) is 12.3. The minimum absolute atomic E-state index is 0.0486. The molecule has 0 bridgehead atoms. The van der Waals surface area contributed by atoms with Gasteiger partial charge in [0, 0.05) is 38.7 Å². The average Bonchev–Trinajstić information content (AvgIpc) is 2.95. The summed E-state index contributed by atoms with van der Waals surface area (Å²) < 4.78 is 10.7. The van der Waals surface area contributed by atoms with Crippen molar-refractivity contribution in [3.63, 3.8) is 0 Å². The van der Waals surface area contributed by atoms with Crippen molar-refractivity contribution in [3.05, 3.63) is 66.2 Å². The molecule has 4 rings (SSSR count). The topological polar surface area (TPSA) is 88.1 Å². The van der Waals surface area contributed by atoms with Crippen LogP contribution >= 0.6 is 0 Å². The molecule has 1 fully saturated rings. The highest BCUT2D eigenvalue weighted by molar-refractivity contribution is 5.84. The molecule has 0 aliphatic carbocycles. The first-order valence-electron chi connectivity index (χ1n) is 12.3. The van der Waals surface area contributed by atoms with E-state index in [4.69, 9.17) is 9.47 Å². The highest BCUT2D eigenvalue weighted by Crippen LogP contribution is 2.31.